The molecule has 0 radical (unpaired) electrons. The number of anilines is 1. The van der Waals surface area contributed by atoms with E-state index < -0.39 is 11.9 Å². The summed E-state index contributed by atoms with van der Waals surface area (Å²) < 4.78 is 13.3. The average Bonchev–Trinajstić information content (AvgIpc) is 2.84. The summed E-state index contributed by atoms with van der Waals surface area (Å²) in [4.78, 5) is 26.9. The monoisotopic (exact) mass is 326 g/mol. The van der Waals surface area contributed by atoms with E-state index in [9.17, 15) is 14.0 Å². The van der Waals surface area contributed by atoms with E-state index in [1.165, 1.54) is 18.2 Å². The molecule has 1 aliphatic rings. The lowest BCUT2D eigenvalue weighted by Crippen LogP contribution is -2.47. The Morgan fingerprint density at radius 1 is 1.17 bits per heavy atom. The van der Waals surface area contributed by atoms with E-state index in [-0.39, 0.29) is 17.7 Å². The first-order chi connectivity index (χ1) is 11.5. The first-order valence-corrected chi connectivity index (χ1v) is 7.92. The highest BCUT2D eigenvalue weighted by Crippen LogP contribution is 2.27. The van der Waals surface area contributed by atoms with Gasteiger partial charge in [-0.2, -0.15) is 0 Å². The molecule has 2 aromatic carbocycles. The van der Waals surface area contributed by atoms with Gasteiger partial charge in [0.25, 0.3) is 5.91 Å². The summed E-state index contributed by atoms with van der Waals surface area (Å²) in [5.41, 5.74) is 1.95. The maximum Gasteiger partial charge on any atom is 0.255 e. The molecular formula is C19H19FN2O2. The van der Waals surface area contributed by atoms with Crippen molar-refractivity contribution in [3.8, 4) is 0 Å². The van der Waals surface area contributed by atoms with Gasteiger partial charge in [0, 0.05) is 17.8 Å². The van der Waals surface area contributed by atoms with Gasteiger partial charge < -0.3 is 10.2 Å². The van der Waals surface area contributed by atoms with Crippen molar-refractivity contribution in [3.63, 3.8) is 0 Å². The molecule has 2 amide bonds. The summed E-state index contributed by atoms with van der Waals surface area (Å²) in [5.74, 6) is -0.939. The number of nitrogens with one attached hydrogen (secondary N) is 1. The fourth-order valence-electron chi connectivity index (χ4n) is 3.09. The van der Waals surface area contributed by atoms with Crippen LogP contribution in [0.4, 0.5) is 10.1 Å². The van der Waals surface area contributed by atoms with E-state index >= 15 is 0 Å². The Balaban J connectivity index is 1.83. The molecule has 0 fully saturated rings. The summed E-state index contributed by atoms with van der Waals surface area (Å²) in [6.45, 7) is 4.20. The zero-order chi connectivity index (χ0) is 17.3. The van der Waals surface area contributed by atoms with Gasteiger partial charge in [0.1, 0.15) is 11.9 Å². The normalized spacial score (nSPS) is 14.7. The lowest BCUT2D eigenvalue weighted by atomic mass is 10.0. The predicted molar refractivity (Wildman–Crippen MR) is 90.0 cm³/mol. The number of carbonyl (C=O) groups is 2. The van der Waals surface area contributed by atoms with Gasteiger partial charge in [0.15, 0.2) is 0 Å². The molecule has 0 saturated heterocycles. The van der Waals surface area contributed by atoms with Gasteiger partial charge >= 0.3 is 0 Å². The highest BCUT2D eigenvalue weighted by Gasteiger charge is 2.37. The van der Waals surface area contributed by atoms with E-state index in [1.54, 1.807) is 17.0 Å². The number of hydrogen-bond acceptors (Lipinski definition) is 2. The molecule has 2 aromatic rings. The SMILES string of the molecule is CC(C)C(C(=O)Nc1cccc(F)c1)N1Cc2ccccc2C1=O. The largest absolute Gasteiger partial charge is 0.324 e. The average molecular weight is 326 g/mol. The molecule has 0 aromatic heterocycles. The minimum atomic E-state index is -0.617. The number of hydrogen-bond donors (Lipinski definition) is 1. The molecule has 24 heavy (non-hydrogen) atoms. The molecule has 1 N–H and O–H groups in total. The second-order valence-electron chi connectivity index (χ2n) is 6.28. The first-order valence-electron chi connectivity index (χ1n) is 7.92. The van der Waals surface area contributed by atoms with Crippen LogP contribution in [0.15, 0.2) is 48.5 Å². The molecule has 4 nitrogen and oxygen atoms in total. The molecule has 1 atom stereocenters. The molecule has 0 bridgehead atoms. The number of benzene rings is 2. The summed E-state index contributed by atoms with van der Waals surface area (Å²) >= 11 is 0. The highest BCUT2D eigenvalue weighted by atomic mass is 19.1. The maximum absolute atomic E-state index is 13.3. The van der Waals surface area contributed by atoms with E-state index in [0.29, 0.717) is 17.8 Å². The fourth-order valence-corrected chi connectivity index (χ4v) is 3.09. The van der Waals surface area contributed by atoms with Crippen LogP contribution in [0.25, 0.3) is 0 Å². The van der Waals surface area contributed by atoms with E-state index in [2.05, 4.69) is 5.32 Å². The van der Waals surface area contributed by atoms with Crippen LogP contribution in [0, 0.1) is 11.7 Å². The van der Waals surface area contributed by atoms with Gasteiger partial charge in [-0.25, -0.2) is 4.39 Å². The van der Waals surface area contributed by atoms with Crippen molar-refractivity contribution in [3.05, 3.63) is 65.5 Å². The topological polar surface area (TPSA) is 49.4 Å². The van der Waals surface area contributed by atoms with Gasteiger partial charge in [0.05, 0.1) is 0 Å². The standard InChI is InChI=1S/C19H19FN2O2/c1-12(2)17(18(23)21-15-8-5-7-14(20)10-15)22-11-13-6-3-4-9-16(13)19(22)24/h3-10,12,17H,11H2,1-2H3,(H,21,23). The van der Waals surface area contributed by atoms with Crippen LogP contribution >= 0.6 is 0 Å². The molecule has 1 heterocycles. The van der Waals surface area contributed by atoms with Crippen molar-refractivity contribution in [1.82, 2.24) is 4.90 Å². The molecule has 5 heteroatoms. The van der Waals surface area contributed by atoms with E-state index in [4.69, 9.17) is 0 Å². The smallest absolute Gasteiger partial charge is 0.255 e. The number of halogens is 1. The molecule has 0 aliphatic carbocycles. The van der Waals surface area contributed by atoms with Crippen LogP contribution < -0.4 is 5.32 Å². The third kappa shape index (κ3) is 3.02. The minimum absolute atomic E-state index is 0.0724. The Morgan fingerprint density at radius 2 is 1.92 bits per heavy atom. The van der Waals surface area contributed by atoms with Crippen molar-refractivity contribution in [2.45, 2.75) is 26.4 Å². The second kappa shape index (κ2) is 6.43. The van der Waals surface area contributed by atoms with Crippen molar-refractivity contribution in [1.29, 1.82) is 0 Å². The van der Waals surface area contributed by atoms with Gasteiger partial charge in [-0.05, 0) is 35.7 Å². The van der Waals surface area contributed by atoms with Gasteiger partial charge in [-0.3, -0.25) is 9.59 Å². The molecule has 1 unspecified atom stereocenters. The molecular weight excluding hydrogens is 307 g/mol. The van der Waals surface area contributed by atoms with Crippen LogP contribution in [-0.4, -0.2) is 22.8 Å². The Bertz CT molecular complexity index is 788. The summed E-state index contributed by atoms with van der Waals surface area (Å²) in [6, 6.07) is 12.5. The number of carbonyl (C=O) groups excluding carboxylic acids is 2. The molecule has 0 spiro atoms. The Kier molecular flexibility index (Phi) is 4.34. The zero-order valence-corrected chi connectivity index (χ0v) is 13.6. The molecule has 1 aliphatic heterocycles. The fraction of sp³-hybridized carbons (Fsp3) is 0.263. The number of rotatable bonds is 4. The highest BCUT2D eigenvalue weighted by molar-refractivity contribution is 6.03. The van der Waals surface area contributed by atoms with Gasteiger partial charge in [0.2, 0.25) is 5.91 Å². The Hall–Kier alpha value is -2.69. The van der Waals surface area contributed by atoms with Crippen LogP contribution in [0.2, 0.25) is 0 Å². The van der Waals surface area contributed by atoms with Crippen LogP contribution in [0.1, 0.15) is 29.8 Å². The third-order valence-electron chi connectivity index (χ3n) is 4.18. The number of fused-ring (bicyclic) bond motifs is 1. The minimum Gasteiger partial charge on any atom is -0.324 e. The van der Waals surface area contributed by atoms with E-state index in [1.807, 2.05) is 32.0 Å². The summed E-state index contributed by atoms with van der Waals surface area (Å²) in [7, 11) is 0. The maximum atomic E-state index is 13.3. The van der Waals surface area contributed by atoms with Crippen molar-refractivity contribution in [2.75, 3.05) is 5.32 Å². The van der Waals surface area contributed by atoms with Crippen molar-refractivity contribution < 1.29 is 14.0 Å². The quantitative estimate of drug-likeness (QED) is 0.935. The number of nitrogens with zero attached hydrogens (tertiary/aromatic N) is 1. The molecule has 0 saturated carbocycles. The number of amides is 2. The summed E-state index contributed by atoms with van der Waals surface area (Å²) in [5, 5.41) is 2.72. The lowest BCUT2D eigenvalue weighted by Gasteiger charge is -2.29. The predicted octanol–water partition coefficient (Wildman–Crippen LogP) is 3.44. The van der Waals surface area contributed by atoms with Crippen molar-refractivity contribution in [2.24, 2.45) is 5.92 Å². The lowest BCUT2D eigenvalue weighted by molar-refractivity contribution is -0.122. The van der Waals surface area contributed by atoms with Gasteiger partial charge in [-0.1, -0.05) is 38.1 Å². The Morgan fingerprint density at radius 3 is 2.58 bits per heavy atom. The zero-order valence-electron chi connectivity index (χ0n) is 13.6. The third-order valence-corrected chi connectivity index (χ3v) is 4.18. The van der Waals surface area contributed by atoms with Crippen LogP contribution in [0.5, 0.6) is 0 Å². The summed E-state index contributed by atoms with van der Waals surface area (Å²) in [6.07, 6.45) is 0. The van der Waals surface area contributed by atoms with Crippen LogP contribution in [0.3, 0.4) is 0 Å². The Labute approximate surface area is 140 Å². The van der Waals surface area contributed by atoms with E-state index in [0.717, 1.165) is 5.56 Å². The van der Waals surface area contributed by atoms with Crippen molar-refractivity contribution >= 4 is 17.5 Å². The van der Waals surface area contributed by atoms with Gasteiger partial charge in [-0.15, -0.1) is 0 Å². The van der Waals surface area contributed by atoms with Crippen LogP contribution in [-0.2, 0) is 11.3 Å². The molecule has 3 rings (SSSR count). The first kappa shape index (κ1) is 16.2. The molecule has 124 valence electrons. The second-order valence-corrected chi connectivity index (χ2v) is 6.28.